The molecule has 24 heavy (non-hydrogen) atoms. The number of carbonyl (C=O) groups is 1. The Balaban J connectivity index is 2.02. The second kappa shape index (κ2) is 6.43. The molecule has 7 heteroatoms. The van der Waals surface area contributed by atoms with Crippen molar-refractivity contribution >= 4 is 11.7 Å². The van der Waals surface area contributed by atoms with Crippen LogP contribution in [0.2, 0.25) is 0 Å². The van der Waals surface area contributed by atoms with Crippen LogP contribution >= 0.6 is 0 Å². The molecule has 0 bridgehead atoms. The van der Waals surface area contributed by atoms with Crippen molar-refractivity contribution in [1.82, 2.24) is 9.97 Å². The van der Waals surface area contributed by atoms with Gasteiger partial charge in [-0.15, -0.1) is 0 Å². The zero-order chi connectivity index (χ0) is 17.3. The predicted octanol–water partition coefficient (Wildman–Crippen LogP) is 2.24. The standard InChI is InChI=1S/C17H19FN4O2/c1-3-13-11-9-12(18)14(24-2)8-10(11)5-7-22(13)15-4-6-20-17(21-15)16(19)23/h4,6,8-9,13H,3,5,7H2,1-2H3,(H2,19,23). The van der Waals surface area contributed by atoms with Gasteiger partial charge in [0.05, 0.1) is 13.2 Å². The zero-order valence-electron chi connectivity index (χ0n) is 13.6. The number of fused-ring (bicyclic) bond motifs is 1. The van der Waals surface area contributed by atoms with Crippen LogP contribution in [0.5, 0.6) is 5.75 Å². The lowest BCUT2D eigenvalue weighted by Crippen LogP contribution is -2.36. The molecule has 2 heterocycles. The van der Waals surface area contributed by atoms with Gasteiger partial charge in [-0.3, -0.25) is 4.79 Å². The lowest BCUT2D eigenvalue weighted by molar-refractivity contribution is 0.0990. The normalized spacial score (nSPS) is 16.6. The molecular weight excluding hydrogens is 311 g/mol. The largest absolute Gasteiger partial charge is 0.494 e. The van der Waals surface area contributed by atoms with Crippen LogP contribution in [-0.4, -0.2) is 29.5 Å². The Hall–Kier alpha value is -2.70. The monoisotopic (exact) mass is 330 g/mol. The highest BCUT2D eigenvalue weighted by molar-refractivity contribution is 5.89. The number of rotatable bonds is 4. The molecule has 0 saturated carbocycles. The van der Waals surface area contributed by atoms with Gasteiger partial charge in [0, 0.05) is 12.7 Å². The van der Waals surface area contributed by atoms with Crippen LogP contribution in [-0.2, 0) is 6.42 Å². The van der Waals surface area contributed by atoms with Gasteiger partial charge >= 0.3 is 0 Å². The van der Waals surface area contributed by atoms with Gasteiger partial charge in [-0.1, -0.05) is 6.92 Å². The summed E-state index contributed by atoms with van der Waals surface area (Å²) in [7, 11) is 1.46. The maximum absolute atomic E-state index is 14.2. The van der Waals surface area contributed by atoms with Crippen LogP contribution in [0.4, 0.5) is 10.2 Å². The number of nitrogens with two attached hydrogens (primary N) is 1. The number of methoxy groups -OCH3 is 1. The van der Waals surface area contributed by atoms with Gasteiger partial charge in [-0.2, -0.15) is 0 Å². The number of amides is 1. The van der Waals surface area contributed by atoms with Crippen LogP contribution in [0, 0.1) is 5.82 Å². The van der Waals surface area contributed by atoms with E-state index in [9.17, 15) is 9.18 Å². The number of carbonyl (C=O) groups excluding carboxylic acids is 1. The van der Waals surface area contributed by atoms with Crippen molar-refractivity contribution < 1.29 is 13.9 Å². The summed E-state index contributed by atoms with van der Waals surface area (Å²) in [6.07, 6.45) is 3.02. The van der Waals surface area contributed by atoms with Crippen LogP contribution in [0.1, 0.15) is 41.1 Å². The molecule has 1 aromatic heterocycles. The Morgan fingerprint density at radius 3 is 2.96 bits per heavy atom. The molecule has 0 spiro atoms. The van der Waals surface area contributed by atoms with E-state index in [0.29, 0.717) is 12.4 Å². The van der Waals surface area contributed by atoms with Crippen molar-refractivity contribution in [1.29, 1.82) is 0 Å². The molecule has 2 N–H and O–H groups in total. The maximum atomic E-state index is 14.2. The number of ether oxygens (including phenoxy) is 1. The summed E-state index contributed by atoms with van der Waals surface area (Å²) in [6.45, 7) is 2.74. The average molecular weight is 330 g/mol. The molecule has 3 rings (SSSR count). The molecule has 0 fully saturated rings. The van der Waals surface area contributed by atoms with Gasteiger partial charge < -0.3 is 15.4 Å². The third kappa shape index (κ3) is 2.77. The molecule has 1 unspecified atom stereocenters. The summed E-state index contributed by atoms with van der Waals surface area (Å²) >= 11 is 0. The smallest absolute Gasteiger partial charge is 0.286 e. The first-order chi connectivity index (χ1) is 11.5. The van der Waals surface area contributed by atoms with E-state index in [1.165, 1.54) is 19.4 Å². The van der Waals surface area contributed by atoms with E-state index in [0.717, 1.165) is 24.0 Å². The van der Waals surface area contributed by atoms with Crippen LogP contribution in [0.15, 0.2) is 24.4 Å². The number of hydrogen-bond acceptors (Lipinski definition) is 5. The Labute approximate surface area is 139 Å². The number of anilines is 1. The lowest BCUT2D eigenvalue weighted by Gasteiger charge is -2.38. The van der Waals surface area contributed by atoms with E-state index >= 15 is 0 Å². The van der Waals surface area contributed by atoms with E-state index in [1.54, 1.807) is 12.1 Å². The van der Waals surface area contributed by atoms with E-state index < -0.39 is 5.91 Å². The zero-order valence-corrected chi connectivity index (χ0v) is 13.6. The maximum Gasteiger partial charge on any atom is 0.286 e. The van der Waals surface area contributed by atoms with E-state index in [1.807, 2.05) is 6.92 Å². The molecule has 0 saturated heterocycles. The molecule has 6 nitrogen and oxygen atoms in total. The summed E-state index contributed by atoms with van der Waals surface area (Å²) in [5.74, 6) is -0.188. The number of benzene rings is 1. The minimum Gasteiger partial charge on any atom is -0.494 e. The molecule has 1 aliphatic heterocycles. The summed E-state index contributed by atoms with van der Waals surface area (Å²) in [5.41, 5.74) is 7.25. The fourth-order valence-corrected chi connectivity index (χ4v) is 3.20. The Morgan fingerprint density at radius 1 is 1.50 bits per heavy atom. The van der Waals surface area contributed by atoms with E-state index in [2.05, 4.69) is 14.9 Å². The van der Waals surface area contributed by atoms with Gasteiger partial charge in [0.15, 0.2) is 11.6 Å². The van der Waals surface area contributed by atoms with Crippen LogP contribution < -0.4 is 15.4 Å². The summed E-state index contributed by atoms with van der Waals surface area (Å²) in [5, 5.41) is 0. The quantitative estimate of drug-likeness (QED) is 0.930. The summed E-state index contributed by atoms with van der Waals surface area (Å²) in [4.78, 5) is 21.5. The Morgan fingerprint density at radius 2 is 2.29 bits per heavy atom. The van der Waals surface area contributed by atoms with Crippen LogP contribution in [0.3, 0.4) is 0 Å². The predicted molar refractivity (Wildman–Crippen MR) is 87.6 cm³/mol. The average Bonchev–Trinajstić information content (AvgIpc) is 2.60. The molecular formula is C17H19FN4O2. The van der Waals surface area contributed by atoms with Gasteiger partial charge in [-0.05, 0) is 42.2 Å². The second-order valence-electron chi connectivity index (χ2n) is 5.66. The molecule has 1 atom stereocenters. The third-order valence-corrected chi connectivity index (χ3v) is 4.31. The Bertz CT molecular complexity index is 781. The third-order valence-electron chi connectivity index (χ3n) is 4.31. The second-order valence-corrected chi connectivity index (χ2v) is 5.66. The van der Waals surface area contributed by atoms with Gasteiger partial charge in [0.1, 0.15) is 5.82 Å². The molecule has 1 aromatic carbocycles. The molecule has 0 radical (unpaired) electrons. The van der Waals surface area contributed by atoms with Gasteiger partial charge in [0.2, 0.25) is 5.82 Å². The fraction of sp³-hybridized carbons (Fsp3) is 0.353. The van der Waals surface area contributed by atoms with Crippen molar-refractivity contribution in [2.75, 3.05) is 18.6 Å². The number of hydrogen-bond donors (Lipinski definition) is 1. The fourth-order valence-electron chi connectivity index (χ4n) is 3.20. The topological polar surface area (TPSA) is 81.3 Å². The van der Waals surface area contributed by atoms with Crippen molar-refractivity contribution in [2.45, 2.75) is 25.8 Å². The minimum absolute atomic E-state index is 0.0194. The van der Waals surface area contributed by atoms with E-state index in [4.69, 9.17) is 10.5 Å². The first-order valence-corrected chi connectivity index (χ1v) is 7.81. The summed E-state index contributed by atoms with van der Waals surface area (Å²) in [6, 6.07) is 4.99. The molecule has 1 aliphatic rings. The van der Waals surface area contributed by atoms with Gasteiger partial charge in [0.25, 0.3) is 5.91 Å². The molecule has 126 valence electrons. The van der Waals surface area contributed by atoms with Crippen molar-refractivity contribution in [2.24, 2.45) is 5.73 Å². The molecule has 2 aromatic rings. The Kier molecular flexibility index (Phi) is 4.33. The first-order valence-electron chi connectivity index (χ1n) is 7.81. The van der Waals surface area contributed by atoms with E-state index in [-0.39, 0.29) is 23.4 Å². The SMILES string of the molecule is CCC1c2cc(F)c(OC)cc2CCN1c1ccnc(C(N)=O)n1. The summed E-state index contributed by atoms with van der Waals surface area (Å²) < 4.78 is 19.2. The highest BCUT2D eigenvalue weighted by Crippen LogP contribution is 2.37. The van der Waals surface area contributed by atoms with Crippen molar-refractivity contribution in [3.8, 4) is 5.75 Å². The number of nitrogens with zero attached hydrogens (tertiary/aromatic N) is 3. The highest BCUT2D eigenvalue weighted by atomic mass is 19.1. The first kappa shape index (κ1) is 16.2. The van der Waals surface area contributed by atoms with Crippen molar-refractivity contribution in [3.05, 3.63) is 47.2 Å². The lowest BCUT2D eigenvalue weighted by atomic mass is 9.90. The number of halogens is 1. The number of primary amides is 1. The molecule has 0 aliphatic carbocycles. The van der Waals surface area contributed by atoms with Crippen LogP contribution in [0.25, 0.3) is 0 Å². The highest BCUT2D eigenvalue weighted by Gasteiger charge is 2.29. The van der Waals surface area contributed by atoms with Crippen molar-refractivity contribution in [3.63, 3.8) is 0 Å². The minimum atomic E-state index is -0.668. The van der Waals surface area contributed by atoms with Gasteiger partial charge in [-0.25, -0.2) is 14.4 Å². The molecule has 1 amide bonds. The number of aromatic nitrogens is 2.